The van der Waals surface area contributed by atoms with Gasteiger partial charge in [-0.15, -0.1) is 0 Å². The molecule has 0 aromatic carbocycles. The molecule has 6 heteroatoms. The SMILES string of the molecule is CNC(=O)NCCN1CCN(C(=O)C(C)C)CC1. The van der Waals surface area contributed by atoms with Gasteiger partial charge >= 0.3 is 6.03 Å². The van der Waals surface area contributed by atoms with Crippen LogP contribution in [0.5, 0.6) is 0 Å². The van der Waals surface area contributed by atoms with Gasteiger partial charge in [0.1, 0.15) is 0 Å². The molecule has 1 fully saturated rings. The fourth-order valence-electron chi connectivity index (χ4n) is 1.97. The van der Waals surface area contributed by atoms with E-state index < -0.39 is 0 Å². The third-order valence-corrected chi connectivity index (χ3v) is 3.12. The largest absolute Gasteiger partial charge is 0.341 e. The Hall–Kier alpha value is -1.30. The lowest BCUT2D eigenvalue weighted by molar-refractivity contribution is -0.136. The number of urea groups is 1. The third kappa shape index (κ3) is 4.52. The van der Waals surface area contributed by atoms with Gasteiger partial charge in [0.25, 0.3) is 0 Å². The van der Waals surface area contributed by atoms with E-state index in [0.717, 1.165) is 32.7 Å². The summed E-state index contributed by atoms with van der Waals surface area (Å²) in [5, 5.41) is 5.28. The van der Waals surface area contributed by atoms with Gasteiger partial charge in [0, 0.05) is 52.2 Å². The smallest absolute Gasteiger partial charge is 0.314 e. The maximum Gasteiger partial charge on any atom is 0.314 e. The molecule has 1 heterocycles. The van der Waals surface area contributed by atoms with E-state index in [1.54, 1.807) is 7.05 Å². The fraction of sp³-hybridized carbons (Fsp3) is 0.833. The summed E-state index contributed by atoms with van der Waals surface area (Å²) in [5.74, 6) is 0.310. The number of hydrogen-bond acceptors (Lipinski definition) is 3. The zero-order valence-electron chi connectivity index (χ0n) is 11.5. The molecule has 0 bridgehead atoms. The molecule has 18 heavy (non-hydrogen) atoms. The van der Waals surface area contributed by atoms with Gasteiger partial charge in [0.05, 0.1) is 0 Å². The van der Waals surface area contributed by atoms with Crippen molar-refractivity contribution in [1.29, 1.82) is 0 Å². The summed E-state index contributed by atoms with van der Waals surface area (Å²) in [6.07, 6.45) is 0. The highest BCUT2D eigenvalue weighted by Crippen LogP contribution is 2.06. The summed E-state index contributed by atoms with van der Waals surface area (Å²) in [7, 11) is 1.60. The van der Waals surface area contributed by atoms with E-state index in [0.29, 0.717) is 6.54 Å². The normalized spacial score (nSPS) is 16.8. The number of rotatable bonds is 4. The Labute approximate surface area is 109 Å². The van der Waals surface area contributed by atoms with E-state index in [4.69, 9.17) is 0 Å². The van der Waals surface area contributed by atoms with Crippen LogP contribution in [0.4, 0.5) is 4.79 Å². The van der Waals surface area contributed by atoms with E-state index in [9.17, 15) is 9.59 Å². The van der Waals surface area contributed by atoms with Gasteiger partial charge in [-0.25, -0.2) is 4.79 Å². The Balaban J connectivity index is 2.19. The van der Waals surface area contributed by atoms with Crippen LogP contribution in [-0.2, 0) is 4.79 Å². The number of nitrogens with zero attached hydrogens (tertiary/aromatic N) is 2. The minimum Gasteiger partial charge on any atom is -0.341 e. The highest BCUT2D eigenvalue weighted by Gasteiger charge is 2.22. The first-order valence-corrected chi connectivity index (χ1v) is 6.51. The van der Waals surface area contributed by atoms with Crippen molar-refractivity contribution in [3.63, 3.8) is 0 Å². The van der Waals surface area contributed by atoms with Crippen molar-refractivity contribution in [1.82, 2.24) is 20.4 Å². The van der Waals surface area contributed by atoms with Crippen LogP contribution in [0, 0.1) is 5.92 Å². The second-order valence-corrected chi connectivity index (χ2v) is 4.83. The second kappa shape index (κ2) is 7.20. The van der Waals surface area contributed by atoms with Gasteiger partial charge in [-0.3, -0.25) is 9.69 Å². The van der Waals surface area contributed by atoms with E-state index in [1.807, 2.05) is 18.7 Å². The zero-order valence-corrected chi connectivity index (χ0v) is 11.5. The van der Waals surface area contributed by atoms with Gasteiger partial charge in [-0.05, 0) is 0 Å². The first kappa shape index (κ1) is 14.8. The van der Waals surface area contributed by atoms with Crippen molar-refractivity contribution in [2.24, 2.45) is 5.92 Å². The molecule has 0 atom stereocenters. The van der Waals surface area contributed by atoms with Crippen LogP contribution in [0.1, 0.15) is 13.8 Å². The summed E-state index contributed by atoms with van der Waals surface area (Å²) in [4.78, 5) is 27.0. The average Bonchev–Trinajstić information content (AvgIpc) is 2.38. The molecular weight excluding hydrogens is 232 g/mol. The molecule has 1 aliphatic heterocycles. The minimum absolute atomic E-state index is 0.0754. The van der Waals surface area contributed by atoms with Crippen LogP contribution in [0.25, 0.3) is 0 Å². The van der Waals surface area contributed by atoms with Crippen LogP contribution in [-0.4, -0.2) is 68.1 Å². The average molecular weight is 256 g/mol. The predicted octanol–water partition coefficient (Wildman–Crippen LogP) is -0.284. The molecule has 1 rings (SSSR count). The van der Waals surface area contributed by atoms with Gasteiger partial charge in [-0.1, -0.05) is 13.8 Å². The van der Waals surface area contributed by atoms with Crippen LogP contribution in [0.3, 0.4) is 0 Å². The molecule has 0 aliphatic carbocycles. The number of carbonyl (C=O) groups is 2. The van der Waals surface area contributed by atoms with E-state index in [-0.39, 0.29) is 17.9 Å². The van der Waals surface area contributed by atoms with Crippen molar-refractivity contribution in [3.8, 4) is 0 Å². The van der Waals surface area contributed by atoms with Gasteiger partial charge < -0.3 is 15.5 Å². The molecule has 1 aliphatic rings. The standard InChI is InChI=1S/C12H24N4O2/c1-10(2)11(17)16-8-6-15(7-9-16)5-4-14-12(18)13-3/h10H,4-9H2,1-3H3,(H2,13,14,18). The highest BCUT2D eigenvalue weighted by molar-refractivity contribution is 5.78. The number of amides is 3. The topological polar surface area (TPSA) is 64.7 Å². The van der Waals surface area contributed by atoms with Crippen molar-refractivity contribution >= 4 is 11.9 Å². The molecule has 0 aromatic heterocycles. The molecule has 0 unspecified atom stereocenters. The molecule has 1 saturated heterocycles. The Kier molecular flexibility index (Phi) is 5.91. The third-order valence-electron chi connectivity index (χ3n) is 3.12. The summed E-state index contributed by atoms with van der Waals surface area (Å²) >= 11 is 0. The number of nitrogens with one attached hydrogen (secondary N) is 2. The first-order valence-electron chi connectivity index (χ1n) is 6.51. The maximum atomic E-state index is 11.8. The summed E-state index contributed by atoms with van der Waals surface area (Å²) in [6, 6.07) is -0.149. The molecule has 2 N–H and O–H groups in total. The number of carbonyl (C=O) groups excluding carboxylic acids is 2. The quantitative estimate of drug-likeness (QED) is 0.727. The van der Waals surface area contributed by atoms with E-state index >= 15 is 0 Å². The summed E-state index contributed by atoms with van der Waals surface area (Å²) in [5.41, 5.74) is 0. The van der Waals surface area contributed by atoms with Gasteiger partial charge in [0.15, 0.2) is 0 Å². The molecular formula is C12H24N4O2. The second-order valence-electron chi connectivity index (χ2n) is 4.83. The lowest BCUT2D eigenvalue weighted by atomic mass is 10.1. The number of hydrogen-bond donors (Lipinski definition) is 2. The Morgan fingerprint density at radius 3 is 2.28 bits per heavy atom. The molecule has 6 nitrogen and oxygen atoms in total. The van der Waals surface area contributed by atoms with E-state index in [2.05, 4.69) is 15.5 Å². The maximum absolute atomic E-state index is 11.8. The first-order chi connectivity index (χ1) is 8.54. The van der Waals surface area contributed by atoms with Crippen LogP contribution in [0.15, 0.2) is 0 Å². The van der Waals surface area contributed by atoms with Crippen molar-refractivity contribution in [2.75, 3.05) is 46.3 Å². The van der Waals surface area contributed by atoms with Crippen molar-refractivity contribution in [2.45, 2.75) is 13.8 Å². The molecule has 0 aromatic rings. The van der Waals surface area contributed by atoms with Crippen LogP contribution in [0.2, 0.25) is 0 Å². The van der Waals surface area contributed by atoms with E-state index in [1.165, 1.54) is 0 Å². The molecule has 0 saturated carbocycles. The van der Waals surface area contributed by atoms with Crippen LogP contribution < -0.4 is 10.6 Å². The Bertz CT molecular complexity index is 286. The van der Waals surface area contributed by atoms with Crippen molar-refractivity contribution in [3.05, 3.63) is 0 Å². The van der Waals surface area contributed by atoms with Gasteiger partial charge in [0.2, 0.25) is 5.91 Å². The summed E-state index contributed by atoms with van der Waals surface area (Å²) < 4.78 is 0. The fourth-order valence-corrected chi connectivity index (χ4v) is 1.97. The Morgan fingerprint density at radius 1 is 1.17 bits per heavy atom. The Morgan fingerprint density at radius 2 is 1.78 bits per heavy atom. The van der Waals surface area contributed by atoms with Crippen molar-refractivity contribution < 1.29 is 9.59 Å². The lowest BCUT2D eigenvalue weighted by Gasteiger charge is -2.35. The molecule has 104 valence electrons. The van der Waals surface area contributed by atoms with Gasteiger partial charge in [-0.2, -0.15) is 0 Å². The molecule has 0 radical (unpaired) electrons. The molecule has 3 amide bonds. The minimum atomic E-state index is -0.149. The highest BCUT2D eigenvalue weighted by atomic mass is 16.2. The van der Waals surface area contributed by atoms with Crippen LogP contribution >= 0.6 is 0 Å². The lowest BCUT2D eigenvalue weighted by Crippen LogP contribution is -2.51. The zero-order chi connectivity index (χ0) is 13.5. The predicted molar refractivity (Wildman–Crippen MR) is 70.3 cm³/mol. The number of piperazine rings is 1. The monoisotopic (exact) mass is 256 g/mol. The summed E-state index contributed by atoms with van der Waals surface area (Å²) in [6.45, 7) is 8.68. The molecule has 0 spiro atoms.